The number of hydrogen-bond donors (Lipinski definition) is 5. The fraction of sp³-hybridized carbons (Fsp3) is 0.333. The molecule has 0 saturated heterocycles. The van der Waals surface area contributed by atoms with Crippen LogP contribution in [-0.2, 0) is 14.3 Å². The minimum atomic E-state index is -4.70. The smallest absolute Gasteiger partial charge is 0.337 e. The van der Waals surface area contributed by atoms with Crippen molar-refractivity contribution in [2.75, 3.05) is 0 Å². The summed E-state index contributed by atoms with van der Waals surface area (Å²) in [6.45, 7) is 1.69. The van der Waals surface area contributed by atoms with Gasteiger partial charge in [0, 0.05) is 0 Å². The van der Waals surface area contributed by atoms with Gasteiger partial charge < -0.3 is 25.5 Å². The molecule has 0 aliphatic rings. The van der Waals surface area contributed by atoms with Gasteiger partial charge in [-0.15, -0.1) is 0 Å². The summed E-state index contributed by atoms with van der Waals surface area (Å²) in [7, 11) is -4.70. The lowest BCUT2D eigenvalue weighted by atomic mass is 10.2. The van der Waals surface area contributed by atoms with Crippen molar-refractivity contribution in [3.8, 4) is 0 Å². The molecule has 1 aromatic rings. The van der Waals surface area contributed by atoms with Crippen molar-refractivity contribution < 1.29 is 38.1 Å². The molecule has 18 heavy (non-hydrogen) atoms. The highest BCUT2D eigenvalue weighted by Gasteiger charge is 2.52. The lowest BCUT2D eigenvalue weighted by Crippen LogP contribution is -2.57. The molecule has 1 rings (SSSR count). The third-order valence-corrected chi connectivity index (χ3v) is 3.27. The van der Waals surface area contributed by atoms with Crippen LogP contribution in [-0.4, -0.2) is 45.9 Å². The molecule has 0 unspecified atom stereocenters. The SMILES string of the molecule is Cc1ccc(S(=O)(=O)OC(O)(O)C(O)(O)O)cc1. The summed E-state index contributed by atoms with van der Waals surface area (Å²) < 4.78 is 26.8. The molecule has 0 saturated carbocycles. The van der Waals surface area contributed by atoms with Crippen LogP contribution in [0.4, 0.5) is 0 Å². The fourth-order valence-corrected chi connectivity index (χ4v) is 1.95. The Labute approximate surface area is 102 Å². The van der Waals surface area contributed by atoms with Crippen LogP contribution in [0, 0.1) is 6.92 Å². The molecule has 0 radical (unpaired) electrons. The molecule has 102 valence electrons. The van der Waals surface area contributed by atoms with Crippen molar-refractivity contribution in [1.29, 1.82) is 0 Å². The summed E-state index contributed by atoms with van der Waals surface area (Å²) in [6.07, 6.45) is 0. The second-order valence-corrected chi connectivity index (χ2v) is 5.14. The van der Waals surface area contributed by atoms with Crippen LogP contribution < -0.4 is 0 Å². The Morgan fingerprint density at radius 2 is 1.44 bits per heavy atom. The zero-order valence-corrected chi connectivity index (χ0v) is 9.99. The average molecular weight is 280 g/mol. The van der Waals surface area contributed by atoms with Crippen LogP contribution in [0.15, 0.2) is 29.2 Å². The molecule has 0 aromatic heterocycles. The third-order valence-electron chi connectivity index (χ3n) is 1.97. The van der Waals surface area contributed by atoms with E-state index >= 15 is 0 Å². The average Bonchev–Trinajstić information content (AvgIpc) is 2.14. The molecule has 1 aromatic carbocycles. The van der Waals surface area contributed by atoms with E-state index in [-0.39, 0.29) is 0 Å². The Bertz CT molecular complexity index is 510. The summed E-state index contributed by atoms with van der Waals surface area (Å²) in [4.78, 5) is -0.454. The molecule has 0 heterocycles. The van der Waals surface area contributed by atoms with Crippen LogP contribution in [0.3, 0.4) is 0 Å². The molecule has 8 nitrogen and oxygen atoms in total. The summed E-state index contributed by atoms with van der Waals surface area (Å²) in [5, 5.41) is 43.4. The molecular formula is C9H12O8S. The standard InChI is InChI=1S/C9H12O8S/c1-6-2-4-7(5-3-6)18(15,16)17-9(13,14)8(10,11)12/h2-5,10-14H,1H3. The highest BCUT2D eigenvalue weighted by atomic mass is 32.2. The minimum absolute atomic E-state index is 0.454. The van der Waals surface area contributed by atoms with Crippen molar-refractivity contribution in [3.63, 3.8) is 0 Å². The van der Waals surface area contributed by atoms with Crippen molar-refractivity contribution in [3.05, 3.63) is 29.8 Å². The monoisotopic (exact) mass is 280 g/mol. The number of benzene rings is 1. The van der Waals surface area contributed by atoms with Gasteiger partial charge in [0.1, 0.15) is 0 Å². The van der Waals surface area contributed by atoms with Crippen LogP contribution >= 0.6 is 0 Å². The van der Waals surface area contributed by atoms with E-state index in [2.05, 4.69) is 4.18 Å². The highest BCUT2D eigenvalue weighted by molar-refractivity contribution is 7.86. The van der Waals surface area contributed by atoms with Gasteiger partial charge in [0.2, 0.25) is 0 Å². The third kappa shape index (κ3) is 3.23. The Morgan fingerprint density at radius 1 is 1.00 bits per heavy atom. The van der Waals surface area contributed by atoms with E-state index in [0.29, 0.717) is 0 Å². The van der Waals surface area contributed by atoms with Gasteiger partial charge in [-0.1, -0.05) is 17.7 Å². The maximum atomic E-state index is 11.5. The van der Waals surface area contributed by atoms with Crippen LogP contribution in [0.2, 0.25) is 0 Å². The number of aliphatic hydroxyl groups is 5. The minimum Gasteiger partial charge on any atom is -0.337 e. The van der Waals surface area contributed by atoms with Crippen molar-refractivity contribution in [1.82, 2.24) is 0 Å². The van der Waals surface area contributed by atoms with E-state index in [1.165, 1.54) is 12.1 Å². The zero-order chi connectivity index (χ0) is 14.2. The molecule has 0 bridgehead atoms. The van der Waals surface area contributed by atoms with Crippen LogP contribution in [0.25, 0.3) is 0 Å². The zero-order valence-electron chi connectivity index (χ0n) is 9.18. The molecule has 0 aliphatic heterocycles. The molecule has 0 aliphatic carbocycles. The fourth-order valence-electron chi connectivity index (χ4n) is 0.962. The molecule has 9 heteroatoms. The molecule has 5 N–H and O–H groups in total. The molecular weight excluding hydrogens is 268 g/mol. The van der Waals surface area contributed by atoms with Gasteiger partial charge in [-0.3, -0.25) is 0 Å². The van der Waals surface area contributed by atoms with E-state index in [1.54, 1.807) is 6.92 Å². The van der Waals surface area contributed by atoms with Gasteiger partial charge in [-0.05, 0) is 19.1 Å². The Morgan fingerprint density at radius 3 is 1.83 bits per heavy atom. The Hall–Kier alpha value is -1.07. The highest BCUT2D eigenvalue weighted by Crippen LogP contribution is 2.23. The summed E-state index contributed by atoms with van der Waals surface area (Å²) in [5.74, 6) is -8.26. The van der Waals surface area contributed by atoms with Crippen molar-refractivity contribution >= 4 is 10.1 Å². The number of aryl methyl sites for hydroxylation is 1. The van der Waals surface area contributed by atoms with Gasteiger partial charge >= 0.3 is 22.1 Å². The van der Waals surface area contributed by atoms with Crippen molar-refractivity contribution in [2.45, 2.75) is 23.8 Å². The second kappa shape index (κ2) is 4.55. The normalized spacial score (nSPS) is 13.7. The predicted octanol–water partition coefficient (Wildman–Crippen LogP) is -2.03. The van der Waals surface area contributed by atoms with E-state index in [0.717, 1.165) is 17.7 Å². The topological polar surface area (TPSA) is 145 Å². The van der Waals surface area contributed by atoms with Gasteiger partial charge in [0.05, 0.1) is 4.90 Å². The quantitative estimate of drug-likeness (QED) is 0.313. The Balaban J connectivity index is 3.07. The van der Waals surface area contributed by atoms with E-state index in [9.17, 15) is 8.42 Å². The van der Waals surface area contributed by atoms with Gasteiger partial charge in [-0.2, -0.15) is 12.6 Å². The number of hydrogen-bond acceptors (Lipinski definition) is 8. The van der Waals surface area contributed by atoms with E-state index < -0.39 is 27.0 Å². The predicted molar refractivity (Wildman–Crippen MR) is 56.0 cm³/mol. The summed E-state index contributed by atoms with van der Waals surface area (Å²) >= 11 is 0. The maximum Gasteiger partial charge on any atom is 0.379 e. The van der Waals surface area contributed by atoms with Crippen molar-refractivity contribution in [2.24, 2.45) is 0 Å². The molecule has 0 spiro atoms. The summed E-state index contributed by atoms with van der Waals surface area (Å²) in [5.41, 5.74) is 0.744. The lowest BCUT2D eigenvalue weighted by molar-refractivity contribution is -0.501. The Kier molecular flexibility index (Phi) is 3.79. The number of rotatable bonds is 4. The van der Waals surface area contributed by atoms with Gasteiger partial charge in [0.25, 0.3) is 0 Å². The van der Waals surface area contributed by atoms with Crippen LogP contribution in [0.5, 0.6) is 0 Å². The van der Waals surface area contributed by atoms with E-state index in [1.807, 2.05) is 0 Å². The first kappa shape index (κ1) is 15.0. The molecule has 0 fully saturated rings. The lowest BCUT2D eigenvalue weighted by Gasteiger charge is -2.28. The largest absolute Gasteiger partial charge is 0.379 e. The summed E-state index contributed by atoms with van der Waals surface area (Å²) in [6, 6.07) is 5.04. The molecule has 0 amide bonds. The second-order valence-electron chi connectivity index (χ2n) is 3.59. The first-order chi connectivity index (χ1) is 7.96. The molecule has 0 atom stereocenters. The first-order valence-electron chi connectivity index (χ1n) is 4.60. The van der Waals surface area contributed by atoms with Crippen LogP contribution in [0.1, 0.15) is 5.56 Å². The van der Waals surface area contributed by atoms with Gasteiger partial charge in [-0.25, -0.2) is 0 Å². The van der Waals surface area contributed by atoms with E-state index in [4.69, 9.17) is 25.5 Å². The first-order valence-corrected chi connectivity index (χ1v) is 6.01. The maximum absolute atomic E-state index is 11.5. The van der Waals surface area contributed by atoms with Gasteiger partial charge in [0.15, 0.2) is 0 Å².